The minimum atomic E-state index is -0.278. The molecule has 2 aromatic carbocycles. The van der Waals surface area contributed by atoms with Crippen LogP contribution in [0.15, 0.2) is 42.5 Å². The Labute approximate surface area is 152 Å². The summed E-state index contributed by atoms with van der Waals surface area (Å²) in [6.07, 6.45) is 5.38. The second kappa shape index (κ2) is 6.16. The van der Waals surface area contributed by atoms with Gasteiger partial charge in [-0.2, -0.15) is 0 Å². The Bertz CT molecular complexity index is 920. The van der Waals surface area contributed by atoms with Crippen LogP contribution >= 0.6 is 0 Å². The van der Waals surface area contributed by atoms with E-state index < -0.39 is 0 Å². The van der Waals surface area contributed by atoms with E-state index in [9.17, 15) is 10.1 Å². The van der Waals surface area contributed by atoms with Gasteiger partial charge in [-0.15, -0.1) is 0 Å². The maximum absolute atomic E-state index is 11.7. The lowest BCUT2D eigenvalue weighted by Gasteiger charge is -2.38. The summed E-state index contributed by atoms with van der Waals surface area (Å²) in [6.45, 7) is 4.01. The van der Waals surface area contributed by atoms with Crippen LogP contribution < -0.4 is 10.1 Å². The average Bonchev–Trinajstić information content (AvgIpc) is 3.13. The van der Waals surface area contributed by atoms with Crippen molar-refractivity contribution in [2.45, 2.75) is 32.2 Å². The molecule has 0 radical (unpaired) electrons. The first-order valence-corrected chi connectivity index (χ1v) is 8.87. The summed E-state index contributed by atoms with van der Waals surface area (Å²) in [5.74, 6) is 1.34. The summed E-state index contributed by atoms with van der Waals surface area (Å²) >= 11 is 0. The SMILES string of the molecule is COc1cccc([C@H]2Nc3c([N+](=O)[O-])cc(C)c(C)c3C3C=CCC32)c1. The molecule has 0 spiro atoms. The van der Waals surface area contributed by atoms with Crippen molar-refractivity contribution >= 4 is 11.4 Å². The standard InChI is InChI=1S/C21H22N2O3/c1-12-10-18(23(24)25)21-19(13(12)2)16-8-5-9-17(16)20(22-21)14-6-4-7-15(11-14)26-3/h4-8,10-11,16-17,20,22H,9H2,1-3H3/t16?,17?,20-/m1/s1. The molecule has 3 atom stereocenters. The lowest BCUT2D eigenvalue weighted by atomic mass is 9.74. The van der Waals surface area contributed by atoms with Crippen molar-refractivity contribution in [2.75, 3.05) is 12.4 Å². The highest BCUT2D eigenvalue weighted by Crippen LogP contribution is 2.53. The molecule has 1 aliphatic carbocycles. The number of fused-ring (bicyclic) bond motifs is 3. The Morgan fingerprint density at radius 1 is 1.27 bits per heavy atom. The van der Waals surface area contributed by atoms with Gasteiger partial charge in [0.1, 0.15) is 11.4 Å². The van der Waals surface area contributed by atoms with E-state index >= 15 is 0 Å². The molecule has 26 heavy (non-hydrogen) atoms. The molecule has 0 aromatic heterocycles. The van der Waals surface area contributed by atoms with Crippen LogP contribution in [0.25, 0.3) is 0 Å². The number of allylic oxidation sites excluding steroid dienone is 2. The van der Waals surface area contributed by atoms with Gasteiger partial charge in [0.05, 0.1) is 18.1 Å². The topological polar surface area (TPSA) is 64.4 Å². The molecule has 2 aliphatic rings. The van der Waals surface area contributed by atoms with E-state index in [1.165, 1.54) is 0 Å². The smallest absolute Gasteiger partial charge is 0.292 e. The molecular formula is C21H22N2O3. The molecule has 1 heterocycles. The molecule has 5 nitrogen and oxygen atoms in total. The Balaban J connectivity index is 1.89. The molecule has 0 bridgehead atoms. The number of aryl methyl sites for hydroxylation is 1. The highest BCUT2D eigenvalue weighted by atomic mass is 16.6. The number of methoxy groups -OCH3 is 1. The lowest BCUT2D eigenvalue weighted by Crippen LogP contribution is -2.30. The largest absolute Gasteiger partial charge is 0.497 e. The van der Waals surface area contributed by atoms with Gasteiger partial charge in [0.2, 0.25) is 0 Å². The van der Waals surface area contributed by atoms with Gasteiger partial charge in [0, 0.05) is 12.0 Å². The molecule has 1 aliphatic heterocycles. The maximum atomic E-state index is 11.7. The monoisotopic (exact) mass is 350 g/mol. The molecule has 4 rings (SSSR count). The van der Waals surface area contributed by atoms with Crippen LogP contribution in [0.4, 0.5) is 11.4 Å². The first kappa shape index (κ1) is 16.6. The second-order valence-electron chi connectivity index (χ2n) is 7.14. The molecule has 0 saturated heterocycles. The van der Waals surface area contributed by atoms with E-state index in [0.29, 0.717) is 11.6 Å². The fraction of sp³-hybridized carbons (Fsp3) is 0.333. The van der Waals surface area contributed by atoms with E-state index in [0.717, 1.165) is 34.4 Å². The number of nitro groups is 1. The summed E-state index contributed by atoms with van der Waals surface area (Å²) in [4.78, 5) is 11.4. The second-order valence-corrected chi connectivity index (χ2v) is 7.14. The molecule has 1 N–H and O–H groups in total. The number of rotatable bonds is 3. The fourth-order valence-electron chi connectivity index (χ4n) is 4.39. The van der Waals surface area contributed by atoms with Crippen LogP contribution in [0.1, 0.15) is 40.6 Å². The van der Waals surface area contributed by atoms with E-state index in [1.54, 1.807) is 13.2 Å². The molecule has 5 heteroatoms. The molecule has 0 amide bonds. The van der Waals surface area contributed by atoms with Crippen molar-refractivity contribution in [3.05, 3.63) is 74.9 Å². The number of nitro benzene ring substituents is 1. The third-order valence-corrected chi connectivity index (χ3v) is 5.80. The lowest BCUT2D eigenvalue weighted by molar-refractivity contribution is -0.384. The number of hydrogen-bond acceptors (Lipinski definition) is 4. The highest BCUT2D eigenvalue weighted by molar-refractivity contribution is 5.74. The predicted molar refractivity (Wildman–Crippen MR) is 102 cm³/mol. The van der Waals surface area contributed by atoms with Crippen LogP contribution in [0.3, 0.4) is 0 Å². The van der Waals surface area contributed by atoms with E-state index in [1.807, 2.05) is 25.1 Å². The normalized spacial score (nSPS) is 23.1. The van der Waals surface area contributed by atoms with Crippen LogP contribution in [0, 0.1) is 29.9 Å². The van der Waals surface area contributed by atoms with Gasteiger partial charge in [-0.3, -0.25) is 10.1 Å². The van der Waals surface area contributed by atoms with Crippen molar-refractivity contribution in [3.63, 3.8) is 0 Å². The Morgan fingerprint density at radius 2 is 2.08 bits per heavy atom. The van der Waals surface area contributed by atoms with Crippen molar-refractivity contribution < 1.29 is 9.66 Å². The zero-order valence-corrected chi connectivity index (χ0v) is 15.2. The zero-order valence-electron chi connectivity index (χ0n) is 15.2. The van der Waals surface area contributed by atoms with E-state index in [-0.39, 0.29) is 22.6 Å². The van der Waals surface area contributed by atoms with Gasteiger partial charge in [-0.05, 0) is 60.6 Å². The van der Waals surface area contributed by atoms with Gasteiger partial charge < -0.3 is 10.1 Å². The maximum Gasteiger partial charge on any atom is 0.292 e. The zero-order chi connectivity index (χ0) is 18.4. The van der Waals surface area contributed by atoms with Crippen molar-refractivity contribution in [3.8, 4) is 5.75 Å². The van der Waals surface area contributed by atoms with Crippen molar-refractivity contribution in [1.29, 1.82) is 0 Å². The average molecular weight is 350 g/mol. The van der Waals surface area contributed by atoms with Gasteiger partial charge in [-0.1, -0.05) is 24.3 Å². The van der Waals surface area contributed by atoms with Gasteiger partial charge in [0.25, 0.3) is 5.69 Å². The third-order valence-electron chi connectivity index (χ3n) is 5.80. The van der Waals surface area contributed by atoms with Crippen LogP contribution in [0.2, 0.25) is 0 Å². The Hall–Kier alpha value is -2.82. The molecule has 0 fully saturated rings. The third kappa shape index (κ3) is 2.46. The number of ether oxygens (including phenoxy) is 1. The van der Waals surface area contributed by atoms with Crippen LogP contribution in [0.5, 0.6) is 5.75 Å². The number of nitrogens with one attached hydrogen (secondary N) is 1. The van der Waals surface area contributed by atoms with Crippen LogP contribution in [-0.4, -0.2) is 12.0 Å². The van der Waals surface area contributed by atoms with Crippen molar-refractivity contribution in [2.24, 2.45) is 5.92 Å². The summed E-state index contributed by atoms with van der Waals surface area (Å²) in [6, 6.07) is 9.66. The minimum Gasteiger partial charge on any atom is -0.497 e. The van der Waals surface area contributed by atoms with Gasteiger partial charge >= 0.3 is 0 Å². The summed E-state index contributed by atoms with van der Waals surface area (Å²) in [7, 11) is 1.65. The number of nitrogens with zero attached hydrogens (tertiary/aromatic N) is 1. The van der Waals surface area contributed by atoms with Gasteiger partial charge in [0.15, 0.2) is 0 Å². The first-order valence-electron chi connectivity index (χ1n) is 8.87. The number of benzene rings is 2. The first-order chi connectivity index (χ1) is 12.5. The Kier molecular flexibility index (Phi) is 3.94. The number of anilines is 1. The van der Waals surface area contributed by atoms with Crippen molar-refractivity contribution in [1.82, 2.24) is 0 Å². The van der Waals surface area contributed by atoms with E-state index in [4.69, 9.17) is 4.74 Å². The predicted octanol–water partition coefficient (Wildman–Crippen LogP) is 5.05. The summed E-state index contributed by atoms with van der Waals surface area (Å²) < 4.78 is 5.37. The fourth-order valence-corrected chi connectivity index (χ4v) is 4.39. The molecule has 2 unspecified atom stereocenters. The molecular weight excluding hydrogens is 328 g/mol. The molecule has 134 valence electrons. The Morgan fingerprint density at radius 3 is 2.81 bits per heavy atom. The number of hydrogen-bond donors (Lipinski definition) is 1. The summed E-state index contributed by atoms with van der Waals surface area (Å²) in [5, 5.41) is 15.2. The minimum absolute atomic E-state index is 0.0124. The molecule has 2 aromatic rings. The summed E-state index contributed by atoms with van der Waals surface area (Å²) in [5.41, 5.74) is 5.11. The highest BCUT2D eigenvalue weighted by Gasteiger charge is 2.41. The quantitative estimate of drug-likeness (QED) is 0.478. The van der Waals surface area contributed by atoms with E-state index in [2.05, 4.69) is 30.5 Å². The molecule has 0 saturated carbocycles. The van der Waals surface area contributed by atoms with Crippen LogP contribution in [-0.2, 0) is 0 Å². The van der Waals surface area contributed by atoms with Gasteiger partial charge in [-0.25, -0.2) is 0 Å².